The normalized spacial score (nSPS) is 16.6. The van der Waals surface area contributed by atoms with Crippen LogP contribution in [0.2, 0.25) is 0 Å². The highest BCUT2D eigenvalue weighted by atomic mass is 16.4. The van der Waals surface area contributed by atoms with E-state index < -0.39 is 37.6 Å². The lowest BCUT2D eigenvalue weighted by atomic mass is 10.2. The van der Waals surface area contributed by atoms with E-state index in [2.05, 4.69) is 15.6 Å². The fraction of sp³-hybridized carbons (Fsp3) is 0.667. The Morgan fingerprint density at radius 2 is 1.17 bits per heavy atom. The summed E-state index contributed by atoms with van der Waals surface area (Å²) >= 11 is 0. The number of hydrogen-bond donors (Lipinski definition) is 8. The van der Waals surface area contributed by atoms with Crippen LogP contribution < -0.4 is 10.6 Å². The van der Waals surface area contributed by atoms with Crippen molar-refractivity contribution in [1.29, 1.82) is 0 Å². The molecule has 0 aliphatic rings. The number of aliphatic hydroxyl groups excluding tert-OH is 6. The summed E-state index contributed by atoms with van der Waals surface area (Å²) in [5.74, 6) is 0. The van der Waals surface area contributed by atoms with E-state index in [-0.39, 0.29) is 13.1 Å². The molecule has 0 aliphatic carbocycles. The van der Waals surface area contributed by atoms with Gasteiger partial charge in [0.25, 0.3) is 0 Å². The molecule has 9 nitrogen and oxygen atoms in total. The highest BCUT2D eigenvalue weighted by molar-refractivity contribution is 5.11. The van der Waals surface area contributed by atoms with Crippen molar-refractivity contribution in [2.75, 3.05) is 26.3 Å². The van der Waals surface area contributed by atoms with E-state index in [4.69, 9.17) is 10.2 Å². The number of nitrogens with one attached hydrogen (secondary N) is 2. The molecule has 0 saturated heterocycles. The average molecular weight is 345 g/mol. The van der Waals surface area contributed by atoms with Gasteiger partial charge in [0.05, 0.1) is 36.8 Å². The van der Waals surface area contributed by atoms with Gasteiger partial charge in [0.1, 0.15) is 12.2 Å². The second kappa shape index (κ2) is 11.4. The van der Waals surface area contributed by atoms with Crippen LogP contribution in [0.5, 0.6) is 0 Å². The fourth-order valence-corrected chi connectivity index (χ4v) is 1.94. The first kappa shape index (κ1) is 20.9. The van der Waals surface area contributed by atoms with Gasteiger partial charge in [-0.15, -0.1) is 0 Å². The summed E-state index contributed by atoms with van der Waals surface area (Å²) in [7, 11) is 0. The number of aromatic nitrogens is 1. The molecule has 24 heavy (non-hydrogen) atoms. The van der Waals surface area contributed by atoms with Gasteiger partial charge in [0, 0.05) is 26.2 Å². The van der Waals surface area contributed by atoms with Gasteiger partial charge < -0.3 is 41.3 Å². The molecule has 1 rings (SSSR count). The summed E-state index contributed by atoms with van der Waals surface area (Å²) in [6.07, 6.45) is -4.47. The Hall–Kier alpha value is -1.17. The second-order valence-electron chi connectivity index (χ2n) is 5.52. The Morgan fingerprint density at radius 1 is 0.750 bits per heavy atom. The first-order valence-electron chi connectivity index (χ1n) is 7.78. The lowest BCUT2D eigenvalue weighted by Gasteiger charge is -2.16. The Balaban J connectivity index is 2.35. The van der Waals surface area contributed by atoms with E-state index in [1.165, 1.54) is 0 Å². The van der Waals surface area contributed by atoms with Crippen LogP contribution in [-0.4, -0.2) is 86.3 Å². The minimum absolute atomic E-state index is 0.122. The first-order valence-corrected chi connectivity index (χ1v) is 7.78. The smallest absolute Gasteiger partial charge is 0.104 e. The van der Waals surface area contributed by atoms with Gasteiger partial charge in [-0.1, -0.05) is 6.07 Å². The van der Waals surface area contributed by atoms with E-state index in [1.807, 2.05) is 6.07 Å². The summed E-state index contributed by atoms with van der Waals surface area (Å²) in [5, 5.41) is 60.9. The summed E-state index contributed by atoms with van der Waals surface area (Å²) in [5.41, 5.74) is 1.46. The molecule has 0 aromatic carbocycles. The van der Waals surface area contributed by atoms with Crippen LogP contribution in [0, 0.1) is 0 Å². The monoisotopic (exact) mass is 345 g/mol. The molecule has 0 saturated carbocycles. The van der Waals surface area contributed by atoms with Crippen molar-refractivity contribution >= 4 is 0 Å². The lowest BCUT2D eigenvalue weighted by Crippen LogP contribution is -2.38. The van der Waals surface area contributed by atoms with E-state index in [9.17, 15) is 20.4 Å². The lowest BCUT2D eigenvalue weighted by molar-refractivity contribution is -0.0130. The van der Waals surface area contributed by atoms with Gasteiger partial charge in [-0.25, -0.2) is 0 Å². The Labute approximate surface area is 140 Å². The summed E-state index contributed by atoms with van der Waals surface area (Å²) in [6, 6.07) is 5.42. The van der Waals surface area contributed by atoms with Gasteiger partial charge in [0.2, 0.25) is 0 Å². The molecular formula is C15H27N3O6. The zero-order chi connectivity index (χ0) is 17.9. The topological polar surface area (TPSA) is 158 Å². The van der Waals surface area contributed by atoms with Crippen LogP contribution in [0.4, 0.5) is 0 Å². The third kappa shape index (κ3) is 7.60. The maximum absolute atomic E-state index is 9.52. The molecule has 0 radical (unpaired) electrons. The predicted octanol–water partition coefficient (Wildman–Crippen LogP) is -3.31. The highest BCUT2D eigenvalue weighted by Crippen LogP contribution is 2.00. The molecule has 4 unspecified atom stereocenters. The van der Waals surface area contributed by atoms with Gasteiger partial charge in [-0.2, -0.15) is 0 Å². The van der Waals surface area contributed by atoms with E-state index in [0.717, 1.165) is 11.4 Å². The quantitative estimate of drug-likeness (QED) is 0.194. The minimum atomic E-state index is -1.18. The average Bonchev–Trinajstić information content (AvgIpc) is 2.60. The van der Waals surface area contributed by atoms with Gasteiger partial charge in [-0.3, -0.25) is 4.98 Å². The van der Waals surface area contributed by atoms with Crippen molar-refractivity contribution in [1.82, 2.24) is 15.6 Å². The van der Waals surface area contributed by atoms with Gasteiger partial charge in [0.15, 0.2) is 0 Å². The van der Waals surface area contributed by atoms with E-state index in [0.29, 0.717) is 13.1 Å². The maximum Gasteiger partial charge on any atom is 0.104 e. The Bertz CT molecular complexity index is 427. The van der Waals surface area contributed by atoms with Gasteiger partial charge in [-0.05, 0) is 12.1 Å². The summed E-state index contributed by atoms with van der Waals surface area (Å²) in [6.45, 7) is 0.0101. The number of nitrogens with zero attached hydrogens (tertiary/aromatic N) is 1. The van der Waals surface area contributed by atoms with Crippen molar-refractivity contribution in [2.45, 2.75) is 37.5 Å². The molecule has 9 heteroatoms. The van der Waals surface area contributed by atoms with Crippen LogP contribution >= 0.6 is 0 Å². The Morgan fingerprint density at radius 3 is 1.54 bits per heavy atom. The van der Waals surface area contributed by atoms with Crippen LogP contribution in [0.15, 0.2) is 18.2 Å². The van der Waals surface area contributed by atoms with E-state index >= 15 is 0 Å². The molecular weight excluding hydrogens is 318 g/mol. The standard InChI is InChI=1S/C15H27N3O6/c19-8-14(23)12(21)6-16-4-10-2-1-3-11(18-10)5-17-7-13(22)15(24)9-20/h1-3,12-17,19-24H,4-9H2. The molecule has 0 fully saturated rings. The summed E-state index contributed by atoms with van der Waals surface area (Å²) in [4.78, 5) is 4.38. The molecule has 0 bridgehead atoms. The molecule has 0 amide bonds. The van der Waals surface area contributed by atoms with Crippen LogP contribution in [-0.2, 0) is 13.1 Å². The third-order valence-electron chi connectivity index (χ3n) is 3.45. The predicted molar refractivity (Wildman–Crippen MR) is 85.8 cm³/mol. The number of aliphatic hydroxyl groups is 6. The zero-order valence-electron chi connectivity index (χ0n) is 13.4. The SMILES string of the molecule is OCC(O)C(O)CNCc1cccc(CNCC(O)C(O)CO)n1. The van der Waals surface area contributed by atoms with Gasteiger partial charge >= 0.3 is 0 Å². The number of hydrogen-bond acceptors (Lipinski definition) is 9. The second-order valence-corrected chi connectivity index (χ2v) is 5.52. The third-order valence-corrected chi connectivity index (χ3v) is 3.45. The minimum Gasteiger partial charge on any atom is -0.394 e. The first-order chi connectivity index (χ1) is 11.5. The molecule has 1 aromatic rings. The highest BCUT2D eigenvalue weighted by Gasteiger charge is 2.15. The molecule has 8 N–H and O–H groups in total. The van der Waals surface area contributed by atoms with E-state index in [1.54, 1.807) is 12.1 Å². The molecule has 0 aliphatic heterocycles. The van der Waals surface area contributed by atoms with Crippen LogP contribution in [0.3, 0.4) is 0 Å². The summed E-state index contributed by atoms with van der Waals surface area (Å²) < 4.78 is 0. The van der Waals surface area contributed by atoms with Crippen molar-refractivity contribution in [3.63, 3.8) is 0 Å². The van der Waals surface area contributed by atoms with Crippen molar-refractivity contribution in [3.8, 4) is 0 Å². The molecule has 4 atom stereocenters. The number of rotatable bonds is 12. The van der Waals surface area contributed by atoms with Crippen molar-refractivity contribution < 1.29 is 30.6 Å². The van der Waals surface area contributed by atoms with Crippen molar-refractivity contribution in [2.24, 2.45) is 0 Å². The van der Waals surface area contributed by atoms with Crippen molar-refractivity contribution in [3.05, 3.63) is 29.6 Å². The van der Waals surface area contributed by atoms with Crippen LogP contribution in [0.25, 0.3) is 0 Å². The molecule has 1 aromatic heterocycles. The maximum atomic E-state index is 9.52. The Kier molecular flexibility index (Phi) is 9.91. The number of pyridine rings is 1. The molecule has 1 heterocycles. The molecule has 0 spiro atoms. The fourth-order valence-electron chi connectivity index (χ4n) is 1.94. The van der Waals surface area contributed by atoms with Crippen LogP contribution in [0.1, 0.15) is 11.4 Å². The molecule has 138 valence electrons. The largest absolute Gasteiger partial charge is 0.394 e. The zero-order valence-corrected chi connectivity index (χ0v) is 13.4.